The van der Waals surface area contributed by atoms with Gasteiger partial charge in [0.25, 0.3) is 5.91 Å². The molecule has 0 atom stereocenters. The SMILES string of the molecule is Nc1ccccc1NC(=O)c1ccc(Cn2c(=O)[nH]c3cccnc32)s1. The van der Waals surface area contributed by atoms with Crippen LogP contribution in [0.15, 0.2) is 59.5 Å². The highest BCUT2D eigenvalue weighted by atomic mass is 32.1. The third-order valence-corrected chi connectivity index (χ3v) is 5.01. The molecule has 3 aromatic heterocycles. The lowest BCUT2D eigenvalue weighted by Gasteiger charge is -2.06. The first-order chi connectivity index (χ1) is 12.6. The number of H-pyrrole nitrogens is 1. The van der Waals surface area contributed by atoms with Crippen LogP contribution in [0.5, 0.6) is 0 Å². The van der Waals surface area contributed by atoms with Crippen LogP contribution in [0.1, 0.15) is 14.5 Å². The molecule has 0 radical (unpaired) electrons. The zero-order valence-electron chi connectivity index (χ0n) is 13.6. The van der Waals surface area contributed by atoms with Crippen LogP contribution in [0.2, 0.25) is 0 Å². The highest BCUT2D eigenvalue weighted by molar-refractivity contribution is 7.14. The van der Waals surface area contributed by atoms with E-state index in [0.717, 1.165) is 4.88 Å². The first-order valence-corrected chi connectivity index (χ1v) is 8.71. The molecule has 3 heterocycles. The average molecular weight is 365 g/mol. The second kappa shape index (κ2) is 6.49. The smallest absolute Gasteiger partial charge is 0.328 e. The van der Waals surface area contributed by atoms with Gasteiger partial charge >= 0.3 is 5.69 Å². The molecule has 0 fully saturated rings. The number of fused-ring (bicyclic) bond motifs is 1. The van der Waals surface area contributed by atoms with E-state index in [1.807, 2.05) is 12.1 Å². The maximum atomic E-state index is 12.4. The molecule has 130 valence electrons. The monoisotopic (exact) mass is 365 g/mol. The Labute approximate surface area is 152 Å². The lowest BCUT2D eigenvalue weighted by atomic mass is 10.2. The molecule has 26 heavy (non-hydrogen) atoms. The Bertz CT molecular complexity index is 1160. The van der Waals surface area contributed by atoms with E-state index in [-0.39, 0.29) is 11.6 Å². The number of thiophene rings is 1. The summed E-state index contributed by atoms with van der Waals surface area (Å²) in [5.74, 6) is -0.233. The molecule has 0 aliphatic carbocycles. The number of hydrogen-bond donors (Lipinski definition) is 3. The molecule has 4 aromatic rings. The van der Waals surface area contributed by atoms with E-state index < -0.39 is 0 Å². The van der Waals surface area contributed by atoms with Crippen LogP contribution in [0.3, 0.4) is 0 Å². The fraction of sp³-hybridized carbons (Fsp3) is 0.0556. The summed E-state index contributed by atoms with van der Waals surface area (Å²) in [6.07, 6.45) is 1.64. The molecule has 0 spiro atoms. The summed E-state index contributed by atoms with van der Waals surface area (Å²) < 4.78 is 1.55. The van der Waals surface area contributed by atoms with Crippen LogP contribution in [-0.2, 0) is 6.54 Å². The van der Waals surface area contributed by atoms with E-state index in [0.29, 0.717) is 34.0 Å². The molecule has 7 nitrogen and oxygen atoms in total. The lowest BCUT2D eigenvalue weighted by molar-refractivity contribution is 0.103. The van der Waals surface area contributed by atoms with E-state index in [9.17, 15) is 9.59 Å². The minimum atomic E-state index is -0.233. The lowest BCUT2D eigenvalue weighted by Crippen LogP contribution is -2.17. The van der Waals surface area contributed by atoms with E-state index >= 15 is 0 Å². The Kier molecular flexibility index (Phi) is 4.02. The fourth-order valence-corrected chi connectivity index (χ4v) is 3.56. The number of benzene rings is 1. The number of aromatic nitrogens is 3. The molecule has 4 rings (SSSR count). The number of anilines is 2. The molecule has 0 unspecified atom stereocenters. The summed E-state index contributed by atoms with van der Waals surface area (Å²) in [5.41, 5.74) is 7.99. The quantitative estimate of drug-likeness (QED) is 0.483. The Balaban J connectivity index is 1.56. The van der Waals surface area contributed by atoms with Crippen molar-refractivity contribution in [1.82, 2.24) is 14.5 Å². The molecule has 0 saturated carbocycles. The zero-order chi connectivity index (χ0) is 18.1. The van der Waals surface area contributed by atoms with Gasteiger partial charge in [-0.1, -0.05) is 12.1 Å². The van der Waals surface area contributed by atoms with Crippen molar-refractivity contribution in [3.63, 3.8) is 0 Å². The number of nitrogens with two attached hydrogens (primary N) is 1. The molecular weight excluding hydrogens is 350 g/mol. The van der Waals surface area contributed by atoms with Gasteiger partial charge in [0.15, 0.2) is 5.65 Å². The number of imidazole rings is 1. The minimum Gasteiger partial charge on any atom is -0.397 e. The number of rotatable bonds is 4. The van der Waals surface area contributed by atoms with Crippen LogP contribution < -0.4 is 16.7 Å². The van der Waals surface area contributed by atoms with Crippen molar-refractivity contribution in [3.8, 4) is 0 Å². The van der Waals surface area contributed by atoms with Crippen molar-refractivity contribution in [2.45, 2.75) is 6.54 Å². The summed E-state index contributed by atoms with van der Waals surface area (Å²) in [6, 6.07) is 14.2. The van der Waals surface area contributed by atoms with Gasteiger partial charge in [-0.05, 0) is 36.4 Å². The molecule has 0 aliphatic rings. The number of para-hydroxylation sites is 2. The number of nitrogen functional groups attached to an aromatic ring is 1. The van der Waals surface area contributed by atoms with Gasteiger partial charge in [-0.25, -0.2) is 9.78 Å². The standard InChI is InChI=1S/C18H15N5O2S/c19-12-4-1-2-5-13(12)21-17(24)15-8-7-11(26-15)10-23-16-14(22-18(23)25)6-3-9-20-16/h1-9H,10,19H2,(H,21,24)(H,22,25). The van der Waals surface area contributed by atoms with Crippen LogP contribution in [0.4, 0.5) is 11.4 Å². The molecule has 0 bridgehead atoms. The van der Waals surface area contributed by atoms with Gasteiger partial charge in [-0.2, -0.15) is 0 Å². The molecule has 0 aliphatic heterocycles. The van der Waals surface area contributed by atoms with Crippen molar-refractivity contribution in [2.75, 3.05) is 11.1 Å². The first-order valence-electron chi connectivity index (χ1n) is 7.90. The molecular formula is C18H15N5O2S. The number of aromatic amines is 1. The summed E-state index contributed by atoms with van der Waals surface area (Å²) >= 11 is 1.33. The maximum absolute atomic E-state index is 12.4. The Morgan fingerprint density at radius 3 is 2.88 bits per heavy atom. The van der Waals surface area contributed by atoms with Crippen molar-refractivity contribution < 1.29 is 4.79 Å². The highest BCUT2D eigenvalue weighted by Gasteiger charge is 2.13. The summed E-state index contributed by atoms with van der Waals surface area (Å²) in [7, 11) is 0. The normalized spacial score (nSPS) is 10.9. The van der Waals surface area contributed by atoms with Gasteiger partial charge in [0.2, 0.25) is 0 Å². The average Bonchev–Trinajstić information content (AvgIpc) is 3.22. The Morgan fingerprint density at radius 1 is 1.19 bits per heavy atom. The molecule has 1 amide bonds. The number of amides is 1. The number of carbonyl (C=O) groups excluding carboxylic acids is 1. The van der Waals surface area contributed by atoms with E-state index in [1.54, 1.807) is 47.2 Å². The summed E-state index contributed by atoms with van der Waals surface area (Å²) in [4.78, 5) is 33.0. The van der Waals surface area contributed by atoms with Gasteiger partial charge < -0.3 is 16.0 Å². The van der Waals surface area contributed by atoms with E-state index in [4.69, 9.17) is 5.73 Å². The summed E-state index contributed by atoms with van der Waals surface area (Å²) in [5, 5.41) is 2.80. The third-order valence-electron chi connectivity index (χ3n) is 3.94. The van der Waals surface area contributed by atoms with Crippen molar-refractivity contribution in [1.29, 1.82) is 0 Å². The number of carbonyl (C=O) groups is 1. The van der Waals surface area contributed by atoms with Crippen molar-refractivity contribution in [3.05, 3.63) is 75.0 Å². The van der Waals surface area contributed by atoms with Gasteiger partial charge in [0, 0.05) is 11.1 Å². The van der Waals surface area contributed by atoms with Crippen LogP contribution in [-0.4, -0.2) is 20.4 Å². The van der Waals surface area contributed by atoms with Crippen LogP contribution in [0, 0.1) is 0 Å². The summed E-state index contributed by atoms with van der Waals surface area (Å²) in [6.45, 7) is 0.348. The first kappa shape index (κ1) is 16.1. The zero-order valence-corrected chi connectivity index (χ0v) is 14.4. The number of pyridine rings is 1. The van der Waals surface area contributed by atoms with Crippen molar-refractivity contribution in [2.24, 2.45) is 0 Å². The number of nitrogens with one attached hydrogen (secondary N) is 2. The predicted molar refractivity (Wildman–Crippen MR) is 103 cm³/mol. The van der Waals surface area contributed by atoms with Crippen molar-refractivity contribution >= 4 is 39.8 Å². The molecule has 8 heteroatoms. The van der Waals surface area contributed by atoms with E-state index in [1.165, 1.54) is 11.3 Å². The largest absolute Gasteiger partial charge is 0.397 e. The van der Waals surface area contributed by atoms with Gasteiger partial charge in [-0.15, -0.1) is 11.3 Å². The topological polar surface area (TPSA) is 106 Å². The van der Waals surface area contributed by atoms with Gasteiger partial charge in [0.1, 0.15) is 0 Å². The maximum Gasteiger partial charge on any atom is 0.328 e. The molecule has 4 N–H and O–H groups in total. The Hall–Kier alpha value is -3.39. The third kappa shape index (κ3) is 2.98. The van der Waals surface area contributed by atoms with Crippen LogP contribution in [0.25, 0.3) is 11.2 Å². The van der Waals surface area contributed by atoms with E-state index in [2.05, 4.69) is 15.3 Å². The second-order valence-electron chi connectivity index (χ2n) is 5.70. The van der Waals surface area contributed by atoms with Gasteiger partial charge in [0.05, 0.1) is 28.3 Å². The number of nitrogens with zero attached hydrogens (tertiary/aromatic N) is 2. The molecule has 0 saturated heterocycles. The van der Waals surface area contributed by atoms with Gasteiger partial charge in [-0.3, -0.25) is 9.36 Å². The second-order valence-corrected chi connectivity index (χ2v) is 6.87. The Morgan fingerprint density at radius 2 is 2.04 bits per heavy atom. The highest BCUT2D eigenvalue weighted by Crippen LogP contribution is 2.22. The number of hydrogen-bond acceptors (Lipinski definition) is 5. The molecule has 1 aromatic carbocycles. The predicted octanol–water partition coefficient (Wildman–Crippen LogP) is 2.67. The fourth-order valence-electron chi connectivity index (χ4n) is 2.67. The minimum absolute atomic E-state index is 0.227. The van der Waals surface area contributed by atoms with Crippen LogP contribution >= 0.6 is 11.3 Å².